The van der Waals surface area contributed by atoms with Gasteiger partial charge >= 0.3 is 0 Å². The first-order valence-electron chi connectivity index (χ1n) is 5.97. The standard InChI is InChI=1S/C15H16N2O2/c1-15(2,3)19-11-6-4-10(5-7-11)13-9-18-14(17)12(13)8-16/h4-7,9H,17H2,1-3H3. The second-order valence-electron chi connectivity index (χ2n) is 5.24. The minimum atomic E-state index is -0.237. The third-order valence-corrected chi connectivity index (χ3v) is 2.52. The highest BCUT2D eigenvalue weighted by atomic mass is 16.5. The maximum absolute atomic E-state index is 9.04. The molecule has 19 heavy (non-hydrogen) atoms. The molecular formula is C15H16N2O2. The Kier molecular flexibility index (Phi) is 3.22. The smallest absolute Gasteiger partial charge is 0.208 e. The zero-order chi connectivity index (χ0) is 14.0. The molecule has 0 aliphatic rings. The van der Waals surface area contributed by atoms with Gasteiger partial charge in [0, 0.05) is 5.56 Å². The second kappa shape index (κ2) is 4.69. The van der Waals surface area contributed by atoms with Crippen LogP contribution in [0, 0.1) is 11.3 Å². The van der Waals surface area contributed by atoms with Gasteiger partial charge in [-0.05, 0) is 38.5 Å². The number of nitriles is 1. The molecule has 0 fully saturated rings. The van der Waals surface area contributed by atoms with Crippen LogP contribution in [0.2, 0.25) is 0 Å². The largest absolute Gasteiger partial charge is 0.488 e. The summed E-state index contributed by atoms with van der Waals surface area (Å²) >= 11 is 0. The van der Waals surface area contributed by atoms with Crippen molar-refractivity contribution < 1.29 is 9.15 Å². The SMILES string of the molecule is CC(C)(C)Oc1ccc(-c2coc(N)c2C#N)cc1. The molecule has 0 radical (unpaired) electrons. The van der Waals surface area contributed by atoms with Crippen LogP contribution in [0.3, 0.4) is 0 Å². The number of furan rings is 1. The molecule has 0 aliphatic carbocycles. The van der Waals surface area contributed by atoms with Gasteiger partial charge in [0.1, 0.15) is 29.2 Å². The lowest BCUT2D eigenvalue weighted by atomic mass is 10.0. The van der Waals surface area contributed by atoms with Crippen molar-refractivity contribution in [2.75, 3.05) is 5.73 Å². The summed E-state index contributed by atoms with van der Waals surface area (Å²) in [6, 6.07) is 9.54. The molecule has 2 rings (SSSR count). The summed E-state index contributed by atoms with van der Waals surface area (Å²) in [4.78, 5) is 0. The first kappa shape index (κ1) is 13.0. The van der Waals surface area contributed by atoms with Gasteiger partial charge in [-0.2, -0.15) is 5.26 Å². The number of nitrogens with two attached hydrogens (primary N) is 1. The van der Waals surface area contributed by atoms with Crippen LogP contribution < -0.4 is 10.5 Å². The van der Waals surface area contributed by atoms with Crippen molar-refractivity contribution in [2.24, 2.45) is 0 Å². The average molecular weight is 256 g/mol. The quantitative estimate of drug-likeness (QED) is 0.891. The third kappa shape index (κ3) is 2.89. The topological polar surface area (TPSA) is 72.2 Å². The minimum absolute atomic E-state index is 0.146. The summed E-state index contributed by atoms with van der Waals surface area (Å²) in [6.07, 6.45) is 1.49. The molecule has 0 bridgehead atoms. The summed E-state index contributed by atoms with van der Waals surface area (Å²) in [5.41, 5.74) is 7.29. The van der Waals surface area contributed by atoms with Crippen LogP contribution >= 0.6 is 0 Å². The van der Waals surface area contributed by atoms with Crippen molar-refractivity contribution in [1.82, 2.24) is 0 Å². The van der Waals surface area contributed by atoms with Gasteiger partial charge in [-0.3, -0.25) is 0 Å². The van der Waals surface area contributed by atoms with Crippen LogP contribution in [0.4, 0.5) is 5.88 Å². The van der Waals surface area contributed by atoms with Crippen molar-refractivity contribution in [2.45, 2.75) is 26.4 Å². The summed E-state index contributed by atoms with van der Waals surface area (Å²) < 4.78 is 10.8. The minimum Gasteiger partial charge on any atom is -0.488 e. The summed E-state index contributed by atoms with van der Waals surface area (Å²) in [6.45, 7) is 5.97. The van der Waals surface area contributed by atoms with Gasteiger partial charge < -0.3 is 14.9 Å². The van der Waals surface area contributed by atoms with Gasteiger partial charge in [0.2, 0.25) is 5.88 Å². The molecule has 0 spiro atoms. The maximum atomic E-state index is 9.04. The highest BCUT2D eigenvalue weighted by molar-refractivity contribution is 5.74. The van der Waals surface area contributed by atoms with Crippen molar-refractivity contribution >= 4 is 5.88 Å². The van der Waals surface area contributed by atoms with Gasteiger partial charge in [0.05, 0.1) is 0 Å². The lowest BCUT2D eigenvalue weighted by Gasteiger charge is -2.21. The number of anilines is 1. The van der Waals surface area contributed by atoms with E-state index in [1.165, 1.54) is 6.26 Å². The van der Waals surface area contributed by atoms with Crippen LogP contribution in [-0.2, 0) is 0 Å². The fourth-order valence-electron chi connectivity index (χ4n) is 1.76. The Labute approximate surface area is 112 Å². The Balaban J connectivity index is 2.31. The van der Waals surface area contributed by atoms with Gasteiger partial charge in [-0.1, -0.05) is 12.1 Å². The molecule has 1 aromatic carbocycles. The summed E-state index contributed by atoms with van der Waals surface area (Å²) in [5.74, 6) is 0.929. The molecule has 0 amide bonds. The number of nitrogen functional groups attached to an aromatic ring is 1. The fraction of sp³-hybridized carbons (Fsp3) is 0.267. The van der Waals surface area contributed by atoms with E-state index in [0.717, 1.165) is 11.3 Å². The highest BCUT2D eigenvalue weighted by Gasteiger charge is 2.14. The fourth-order valence-corrected chi connectivity index (χ4v) is 1.76. The zero-order valence-electron chi connectivity index (χ0n) is 11.2. The van der Waals surface area contributed by atoms with E-state index in [0.29, 0.717) is 11.1 Å². The van der Waals surface area contributed by atoms with Crippen molar-refractivity contribution in [1.29, 1.82) is 5.26 Å². The molecule has 0 saturated carbocycles. The molecule has 0 atom stereocenters. The lowest BCUT2D eigenvalue weighted by molar-refractivity contribution is 0.131. The third-order valence-electron chi connectivity index (χ3n) is 2.52. The van der Waals surface area contributed by atoms with Gasteiger partial charge in [0.15, 0.2) is 0 Å². The van der Waals surface area contributed by atoms with E-state index in [9.17, 15) is 0 Å². The first-order chi connectivity index (χ1) is 8.90. The monoisotopic (exact) mass is 256 g/mol. The van der Waals surface area contributed by atoms with Gasteiger partial charge in [-0.15, -0.1) is 0 Å². The van der Waals surface area contributed by atoms with E-state index in [-0.39, 0.29) is 11.5 Å². The first-order valence-corrected chi connectivity index (χ1v) is 5.97. The van der Waals surface area contributed by atoms with E-state index in [4.69, 9.17) is 20.1 Å². The predicted octanol–water partition coefficient (Wildman–Crippen LogP) is 3.58. The maximum Gasteiger partial charge on any atom is 0.208 e. The number of benzene rings is 1. The van der Waals surface area contributed by atoms with E-state index in [1.807, 2.05) is 51.1 Å². The Hall–Kier alpha value is -2.41. The van der Waals surface area contributed by atoms with E-state index in [1.54, 1.807) is 0 Å². The number of hydrogen-bond donors (Lipinski definition) is 1. The number of ether oxygens (including phenoxy) is 1. The molecule has 0 unspecified atom stereocenters. The summed E-state index contributed by atoms with van der Waals surface area (Å²) in [7, 11) is 0. The Morgan fingerprint density at radius 2 is 1.84 bits per heavy atom. The molecule has 0 saturated heterocycles. The lowest BCUT2D eigenvalue weighted by Crippen LogP contribution is -2.22. The molecule has 4 heteroatoms. The highest BCUT2D eigenvalue weighted by Crippen LogP contribution is 2.30. The van der Waals surface area contributed by atoms with Crippen LogP contribution in [-0.4, -0.2) is 5.60 Å². The molecule has 1 heterocycles. The number of hydrogen-bond acceptors (Lipinski definition) is 4. The Morgan fingerprint density at radius 3 is 2.37 bits per heavy atom. The number of nitrogens with zero attached hydrogens (tertiary/aromatic N) is 1. The number of rotatable bonds is 2. The van der Waals surface area contributed by atoms with E-state index >= 15 is 0 Å². The van der Waals surface area contributed by atoms with Crippen molar-refractivity contribution in [3.8, 4) is 22.9 Å². The molecule has 98 valence electrons. The average Bonchev–Trinajstić information content (AvgIpc) is 2.69. The molecule has 2 N–H and O–H groups in total. The van der Waals surface area contributed by atoms with Crippen molar-refractivity contribution in [3.05, 3.63) is 36.1 Å². The molecule has 2 aromatic rings. The molecular weight excluding hydrogens is 240 g/mol. The van der Waals surface area contributed by atoms with Crippen LogP contribution in [0.25, 0.3) is 11.1 Å². The second-order valence-corrected chi connectivity index (χ2v) is 5.24. The zero-order valence-corrected chi connectivity index (χ0v) is 11.2. The Bertz CT molecular complexity index is 613. The van der Waals surface area contributed by atoms with E-state index in [2.05, 4.69) is 0 Å². The van der Waals surface area contributed by atoms with Crippen molar-refractivity contribution in [3.63, 3.8) is 0 Å². The summed E-state index contributed by atoms with van der Waals surface area (Å²) in [5, 5.41) is 9.04. The van der Waals surface area contributed by atoms with E-state index < -0.39 is 0 Å². The molecule has 0 aliphatic heterocycles. The molecule has 1 aromatic heterocycles. The normalized spacial score (nSPS) is 11.1. The predicted molar refractivity (Wildman–Crippen MR) is 73.7 cm³/mol. The Morgan fingerprint density at radius 1 is 1.21 bits per heavy atom. The van der Waals surface area contributed by atoms with Crippen LogP contribution in [0.1, 0.15) is 26.3 Å². The van der Waals surface area contributed by atoms with Crippen LogP contribution in [0.15, 0.2) is 34.9 Å². The van der Waals surface area contributed by atoms with Gasteiger partial charge in [0.25, 0.3) is 0 Å². The van der Waals surface area contributed by atoms with Crippen LogP contribution in [0.5, 0.6) is 5.75 Å². The molecule has 4 nitrogen and oxygen atoms in total. The van der Waals surface area contributed by atoms with Gasteiger partial charge in [-0.25, -0.2) is 0 Å².